The van der Waals surface area contributed by atoms with Gasteiger partial charge in [-0.1, -0.05) is 101 Å². The van der Waals surface area contributed by atoms with Crippen LogP contribution in [0.4, 0.5) is 0 Å². The van der Waals surface area contributed by atoms with Gasteiger partial charge in [-0.05, 0) is 94.0 Å². The van der Waals surface area contributed by atoms with E-state index < -0.39 is 0 Å². The van der Waals surface area contributed by atoms with Gasteiger partial charge < -0.3 is 10.2 Å². The van der Waals surface area contributed by atoms with Crippen LogP contribution in [0, 0.1) is 0 Å². The molecule has 0 heterocycles. The van der Waals surface area contributed by atoms with Crippen molar-refractivity contribution in [1.29, 1.82) is 0 Å². The summed E-state index contributed by atoms with van der Waals surface area (Å²) >= 11 is 0. The summed E-state index contributed by atoms with van der Waals surface area (Å²) in [6.45, 7) is 0. The second-order valence-electron chi connectivity index (χ2n) is 11.0. The number of phenols is 2. The van der Waals surface area contributed by atoms with Crippen molar-refractivity contribution in [2.24, 2.45) is 0 Å². The molecular weight excluding hydrogens is 471 g/mol. The molecule has 2 saturated carbocycles. The highest BCUT2D eigenvalue weighted by molar-refractivity contribution is 7.67. The number of phenolic OH excluding ortho intramolecular Hbond substituents is 2. The molecule has 4 aromatic carbocycles. The molecule has 0 aliphatic heterocycles. The zero-order chi connectivity index (χ0) is 25.2. The second kappa shape index (κ2) is 10.9. The van der Waals surface area contributed by atoms with E-state index in [1.54, 1.807) is 23.5 Å². The van der Waals surface area contributed by atoms with E-state index in [-0.39, 0.29) is 19.4 Å². The first kappa shape index (κ1) is 24.5. The topological polar surface area (TPSA) is 40.5 Å². The quantitative estimate of drug-likeness (QED) is 0.264. The SMILES string of the molecule is Oc1cccc(O)c1-c1ccc2cc(-c3ccccc3P(C3CCCCC3)C3CCCCC3)ccc2c1. The van der Waals surface area contributed by atoms with Gasteiger partial charge in [0.15, 0.2) is 0 Å². The molecule has 6 rings (SSSR count). The van der Waals surface area contributed by atoms with Crippen molar-refractivity contribution in [2.45, 2.75) is 75.5 Å². The Hall–Kier alpha value is -2.83. The lowest BCUT2D eigenvalue weighted by Crippen LogP contribution is -2.27. The van der Waals surface area contributed by atoms with Gasteiger partial charge in [-0.3, -0.25) is 0 Å². The molecule has 2 fully saturated rings. The number of rotatable bonds is 5. The van der Waals surface area contributed by atoms with Crippen LogP contribution in [0.5, 0.6) is 11.5 Å². The molecule has 3 heteroatoms. The second-order valence-corrected chi connectivity index (χ2v) is 13.7. The molecule has 0 saturated heterocycles. The van der Waals surface area contributed by atoms with Crippen LogP contribution < -0.4 is 5.30 Å². The highest BCUT2D eigenvalue weighted by Crippen LogP contribution is 2.56. The minimum Gasteiger partial charge on any atom is -0.507 e. The van der Waals surface area contributed by atoms with Crippen molar-refractivity contribution < 1.29 is 10.2 Å². The van der Waals surface area contributed by atoms with Crippen LogP contribution in [0.1, 0.15) is 64.2 Å². The Bertz CT molecular complexity index is 1340. The van der Waals surface area contributed by atoms with Gasteiger partial charge in [-0.15, -0.1) is 0 Å². The van der Waals surface area contributed by atoms with E-state index >= 15 is 0 Å². The van der Waals surface area contributed by atoms with Crippen molar-refractivity contribution in [1.82, 2.24) is 0 Å². The monoisotopic (exact) mass is 508 g/mol. The van der Waals surface area contributed by atoms with Crippen LogP contribution >= 0.6 is 7.92 Å². The summed E-state index contributed by atoms with van der Waals surface area (Å²) in [6.07, 6.45) is 14.1. The molecule has 0 amide bonds. The smallest absolute Gasteiger partial charge is 0.127 e. The molecule has 0 atom stereocenters. The first-order valence-corrected chi connectivity index (χ1v) is 15.6. The fourth-order valence-electron chi connectivity index (χ4n) is 6.75. The van der Waals surface area contributed by atoms with Crippen LogP contribution in [0.2, 0.25) is 0 Å². The average molecular weight is 509 g/mol. The Labute approximate surface area is 222 Å². The predicted molar refractivity (Wildman–Crippen MR) is 158 cm³/mol. The molecule has 0 aromatic heterocycles. The first-order valence-electron chi connectivity index (χ1n) is 14.1. The Kier molecular flexibility index (Phi) is 7.21. The third-order valence-corrected chi connectivity index (χ3v) is 12.1. The van der Waals surface area contributed by atoms with E-state index in [1.807, 2.05) is 6.07 Å². The number of benzene rings is 4. The normalized spacial score (nSPS) is 17.4. The first-order chi connectivity index (χ1) is 18.2. The predicted octanol–water partition coefficient (Wildman–Crippen LogP) is 9.36. The zero-order valence-corrected chi connectivity index (χ0v) is 22.5. The van der Waals surface area contributed by atoms with Crippen molar-refractivity contribution in [2.75, 3.05) is 0 Å². The lowest BCUT2D eigenvalue weighted by molar-refractivity contribution is 0.454. The molecule has 190 valence electrons. The van der Waals surface area contributed by atoms with Gasteiger partial charge >= 0.3 is 0 Å². The van der Waals surface area contributed by atoms with E-state index in [0.717, 1.165) is 22.3 Å². The molecule has 4 aromatic rings. The lowest BCUT2D eigenvalue weighted by Gasteiger charge is -2.39. The molecule has 2 aliphatic carbocycles. The fourth-order valence-corrected chi connectivity index (χ4v) is 10.7. The summed E-state index contributed by atoms with van der Waals surface area (Å²) in [5, 5.41) is 24.6. The molecule has 2 nitrogen and oxygen atoms in total. The van der Waals surface area contributed by atoms with E-state index in [2.05, 4.69) is 54.6 Å². The number of fused-ring (bicyclic) bond motifs is 1. The summed E-state index contributed by atoms with van der Waals surface area (Å²) in [5.74, 6) is 0.201. The van der Waals surface area contributed by atoms with E-state index in [0.29, 0.717) is 5.56 Å². The standard InChI is InChI=1S/C34H37O2P/c35-31-15-9-16-32(36)34(31)27-21-19-24-22-26(20-18-25(24)23-27)30-14-7-8-17-33(30)37(28-10-3-1-4-11-28)29-12-5-2-6-13-29/h7-9,14-23,28-29,35-36H,1-6,10-13H2. The maximum Gasteiger partial charge on any atom is 0.127 e. The summed E-state index contributed by atoms with van der Waals surface area (Å²) in [5.41, 5.74) is 5.80. The van der Waals surface area contributed by atoms with Crippen LogP contribution in [-0.2, 0) is 0 Å². The zero-order valence-electron chi connectivity index (χ0n) is 21.6. The largest absolute Gasteiger partial charge is 0.507 e. The Balaban J connectivity index is 1.40. The summed E-state index contributed by atoms with van der Waals surface area (Å²) < 4.78 is 0. The van der Waals surface area contributed by atoms with E-state index in [1.165, 1.54) is 80.7 Å². The molecule has 0 bridgehead atoms. The van der Waals surface area contributed by atoms with E-state index in [4.69, 9.17) is 0 Å². The summed E-state index contributed by atoms with van der Waals surface area (Å²) in [7, 11) is -0.178. The van der Waals surface area contributed by atoms with Crippen molar-refractivity contribution in [3.8, 4) is 33.8 Å². The Morgan fingerprint density at radius 3 is 1.70 bits per heavy atom. The average Bonchev–Trinajstić information content (AvgIpc) is 2.94. The van der Waals surface area contributed by atoms with Gasteiger partial charge in [-0.2, -0.15) is 0 Å². The Morgan fingerprint density at radius 1 is 0.541 bits per heavy atom. The van der Waals surface area contributed by atoms with Gasteiger partial charge in [0.2, 0.25) is 0 Å². The highest BCUT2D eigenvalue weighted by atomic mass is 31.1. The van der Waals surface area contributed by atoms with Crippen LogP contribution in [0.3, 0.4) is 0 Å². The maximum atomic E-state index is 10.3. The molecular formula is C34H37O2P. The molecule has 37 heavy (non-hydrogen) atoms. The number of hydrogen-bond acceptors (Lipinski definition) is 2. The number of hydrogen-bond donors (Lipinski definition) is 2. The molecule has 0 radical (unpaired) electrons. The lowest BCUT2D eigenvalue weighted by atomic mass is 9.97. The maximum absolute atomic E-state index is 10.3. The molecule has 0 unspecified atom stereocenters. The fraction of sp³-hybridized carbons (Fsp3) is 0.353. The highest BCUT2D eigenvalue weighted by Gasteiger charge is 2.33. The van der Waals surface area contributed by atoms with Gasteiger partial charge in [-0.25, -0.2) is 0 Å². The third-order valence-electron chi connectivity index (χ3n) is 8.58. The van der Waals surface area contributed by atoms with E-state index in [9.17, 15) is 10.2 Å². The van der Waals surface area contributed by atoms with Crippen LogP contribution in [-0.4, -0.2) is 21.5 Å². The molecule has 2 aliphatic rings. The van der Waals surface area contributed by atoms with Gasteiger partial charge in [0.1, 0.15) is 11.5 Å². The summed E-state index contributed by atoms with van der Waals surface area (Å²) in [4.78, 5) is 0. The Morgan fingerprint density at radius 2 is 1.08 bits per heavy atom. The number of aromatic hydroxyl groups is 2. The van der Waals surface area contributed by atoms with Gasteiger partial charge in [0.25, 0.3) is 0 Å². The molecule has 0 spiro atoms. The van der Waals surface area contributed by atoms with Crippen LogP contribution in [0.25, 0.3) is 33.0 Å². The minimum atomic E-state index is -0.178. The van der Waals surface area contributed by atoms with Gasteiger partial charge in [0, 0.05) is 0 Å². The van der Waals surface area contributed by atoms with Gasteiger partial charge in [0.05, 0.1) is 5.56 Å². The van der Waals surface area contributed by atoms with Crippen molar-refractivity contribution in [3.05, 3.63) is 78.9 Å². The minimum absolute atomic E-state index is 0.101. The summed E-state index contributed by atoms with van der Waals surface area (Å²) in [6, 6.07) is 27.2. The van der Waals surface area contributed by atoms with Crippen molar-refractivity contribution in [3.63, 3.8) is 0 Å². The third kappa shape index (κ3) is 5.01. The van der Waals surface area contributed by atoms with Crippen LogP contribution in [0.15, 0.2) is 78.9 Å². The van der Waals surface area contributed by atoms with Crippen molar-refractivity contribution >= 4 is 24.0 Å². The molecule has 2 N–H and O–H groups in total.